The van der Waals surface area contributed by atoms with Gasteiger partial charge in [-0.25, -0.2) is 13.6 Å². The van der Waals surface area contributed by atoms with Crippen LogP contribution in [-0.4, -0.2) is 36.3 Å². The largest absolute Gasteiger partial charge is 0.478 e. The SMILES string of the molecule is CC(C=O)=CC(=CNCC(F)(F)C(F)F)C(=O)O. The molecule has 4 nitrogen and oxygen atoms in total. The lowest BCUT2D eigenvalue weighted by atomic mass is 10.2. The molecule has 8 heteroatoms. The van der Waals surface area contributed by atoms with E-state index in [1.54, 1.807) is 5.32 Å². The maximum atomic E-state index is 12.5. The number of carboxylic acids is 1. The van der Waals surface area contributed by atoms with E-state index in [0.717, 1.165) is 6.08 Å². The fourth-order valence-corrected chi connectivity index (χ4v) is 0.819. The van der Waals surface area contributed by atoms with E-state index in [9.17, 15) is 27.2 Å². The van der Waals surface area contributed by atoms with Gasteiger partial charge in [0.25, 0.3) is 0 Å². The Balaban J connectivity index is 4.72. The summed E-state index contributed by atoms with van der Waals surface area (Å²) in [7, 11) is 0. The molecule has 0 atom stereocenters. The van der Waals surface area contributed by atoms with Crippen LogP contribution in [-0.2, 0) is 9.59 Å². The summed E-state index contributed by atoms with van der Waals surface area (Å²) < 4.78 is 48.5. The number of rotatable bonds is 7. The first-order valence-electron chi connectivity index (χ1n) is 4.67. The number of carboxylic acid groups (broad SMARTS) is 1. The molecule has 2 N–H and O–H groups in total. The van der Waals surface area contributed by atoms with Crippen LogP contribution in [0.25, 0.3) is 0 Å². The lowest BCUT2D eigenvalue weighted by molar-refractivity contribution is -0.132. The number of hydrogen-bond donors (Lipinski definition) is 2. The molecule has 0 unspecified atom stereocenters. The fraction of sp³-hybridized carbons (Fsp3) is 0.400. The Morgan fingerprint density at radius 3 is 2.39 bits per heavy atom. The molecule has 0 aromatic carbocycles. The van der Waals surface area contributed by atoms with Gasteiger partial charge in [-0.1, -0.05) is 0 Å². The molecule has 102 valence electrons. The molecule has 0 spiro atoms. The first-order chi connectivity index (χ1) is 8.20. The number of carbonyl (C=O) groups is 2. The van der Waals surface area contributed by atoms with Gasteiger partial charge in [-0.15, -0.1) is 0 Å². The highest BCUT2D eigenvalue weighted by Gasteiger charge is 2.40. The molecular formula is C10H11F4NO3. The Morgan fingerprint density at radius 1 is 1.44 bits per heavy atom. The first-order valence-corrected chi connectivity index (χ1v) is 4.67. The van der Waals surface area contributed by atoms with Crippen molar-refractivity contribution in [3.8, 4) is 0 Å². The van der Waals surface area contributed by atoms with Crippen molar-refractivity contribution in [3.63, 3.8) is 0 Å². The van der Waals surface area contributed by atoms with Crippen molar-refractivity contribution < 1.29 is 32.3 Å². The summed E-state index contributed by atoms with van der Waals surface area (Å²) in [5.41, 5.74) is -0.448. The number of aldehydes is 1. The van der Waals surface area contributed by atoms with Crippen LogP contribution < -0.4 is 5.32 Å². The number of aliphatic carboxylic acids is 1. The Bertz CT molecular complexity index is 377. The van der Waals surface area contributed by atoms with Crippen LogP contribution in [0.3, 0.4) is 0 Å². The zero-order chi connectivity index (χ0) is 14.3. The molecule has 0 aliphatic heterocycles. The van der Waals surface area contributed by atoms with Gasteiger partial charge >= 0.3 is 18.3 Å². The summed E-state index contributed by atoms with van der Waals surface area (Å²) in [5.74, 6) is -5.74. The smallest absolute Gasteiger partial charge is 0.337 e. The van der Waals surface area contributed by atoms with Gasteiger partial charge in [-0.2, -0.15) is 8.78 Å². The van der Waals surface area contributed by atoms with Crippen LogP contribution in [0.2, 0.25) is 0 Å². The topological polar surface area (TPSA) is 66.4 Å². The molecule has 18 heavy (non-hydrogen) atoms. The molecule has 0 aliphatic carbocycles. The molecule has 0 radical (unpaired) electrons. The Labute approximate surface area is 100.0 Å². The number of nitrogens with one attached hydrogen (secondary N) is 1. The van der Waals surface area contributed by atoms with Crippen LogP contribution in [0.15, 0.2) is 23.4 Å². The number of alkyl halides is 4. The highest BCUT2D eigenvalue weighted by atomic mass is 19.3. The van der Waals surface area contributed by atoms with Gasteiger partial charge in [0, 0.05) is 6.20 Å². The Morgan fingerprint density at radius 2 is 2.00 bits per heavy atom. The van der Waals surface area contributed by atoms with Crippen LogP contribution in [0.4, 0.5) is 17.6 Å². The molecule has 0 saturated carbocycles. The van der Waals surface area contributed by atoms with Crippen LogP contribution in [0.1, 0.15) is 6.92 Å². The van der Waals surface area contributed by atoms with Crippen molar-refractivity contribution in [2.75, 3.05) is 6.54 Å². The van der Waals surface area contributed by atoms with Gasteiger partial charge in [-0.3, -0.25) is 4.79 Å². The van der Waals surface area contributed by atoms with E-state index in [4.69, 9.17) is 5.11 Å². The van der Waals surface area contributed by atoms with Crippen molar-refractivity contribution in [2.24, 2.45) is 0 Å². The summed E-state index contributed by atoms with van der Waals surface area (Å²) in [5, 5.41) is 10.4. The summed E-state index contributed by atoms with van der Waals surface area (Å²) in [6.07, 6.45) is -1.93. The minimum absolute atomic E-state index is 0.0473. The van der Waals surface area contributed by atoms with E-state index in [1.165, 1.54) is 6.92 Å². The first kappa shape index (κ1) is 16.1. The van der Waals surface area contributed by atoms with Crippen LogP contribution in [0.5, 0.6) is 0 Å². The predicted molar refractivity (Wildman–Crippen MR) is 54.5 cm³/mol. The van der Waals surface area contributed by atoms with E-state index in [1.807, 2.05) is 0 Å². The maximum Gasteiger partial charge on any atom is 0.337 e. The van der Waals surface area contributed by atoms with Gasteiger partial charge in [0.2, 0.25) is 0 Å². The lowest BCUT2D eigenvalue weighted by Crippen LogP contribution is -2.37. The summed E-state index contributed by atoms with van der Waals surface area (Å²) >= 11 is 0. The normalized spacial score (nSPS) is 13.7. The zero-order valence-electron chi connectivity index (χ0n) is 9.29. The minimum Gasteiger partial charge on any atom is -0.478 e. The van der Waals surface area contributed by atoms with Crippen LogP contribution >= 0.6 is 0 Å². The van der Waals surface area contributed by atoms with Crippen LogP contribution in [0, 0.1) is 0 Å². The van der Waals surface area contributed by atoms with E-state index < -0.39 is 30.4 Å². The van der Waals surface area contributed by atoms with Gasteiger partial charge in [0.1, 0.15) is 6.29 Å². The highest BCUT2D eigenvalue weighted by molar-refractivity contribution is 5.91. The molecule has 0 rings (SSSR count). The van der Waals surface area contributed by atoms with E-state index >= 15 is 0 Å². The van der Waals surface area contributed by atoms with Crippen molar-refractivity contribution >= 4 is 12.3 Å². The summed E-state index contributed by atoms with van der Waals surface area (Å²) in [4.78, 5) is 20.9. The van der Waals surface area contributed by atoms with Crippen molar-refractivity contribution in [1.82, 2.24) is 5.32 Å². The van der Waals surface area contributed by atoms with Gasteiger partial charge in [0.05, 0.1) is 12.1 Å². The highest BCUT2D eigenvalue weighted by Crippen LogP contribution is 2.21. The van der Waals surface area contributed by atoms with Gasteiger partial charge < -0.3 is 10.4 Å². The molecule has 0 aliphatic rings. The maximum absolute atomic E-state index is 12.5. The van der Waals surface area contributed by atoms with E-state index in [0.29, 0.717) is 12.5 Å². The second kappa shape index (κ2) is 6.77. The second-order valence-electron chi connectivity index (χ2n) is 3.35. The lowest BCUT2D eigenvalue weighted by Gasteiger charge is -2.14. The monoisotopic (exact) mass is 269 g/mol. The molecule has 0 bridgehead atoms. The standard InChI is InChI=1S/C10H11F4NO3/c1-6(4-16)2-7(8(17)18)3-15-5-10(13,14)9(11)12/h2-4,9,15H,5H2,1H3,(H,17,18). The molecule has 0 fully saturated rings. The zero-order valence-corrected chi connectivity index (χ0v) is 9.29. The minimum atomic E-state index is -4.26. The van der Waals surface area contributed by atoms with E-state index in [-0.39, 0.29) is 5.57 Å². The average molecular weight is 269 g/mol. The third-order valence-electron chi connectivity index (χ3n) is 1.73. The van der Waals surface area contributed by atoms with Crippen molar-refractivity contribution in [3.05, 3.63) is 23.4 Å². The van der Waals surface area contributed by atoms with Crippen molar-refractivity contribution in [2.45, 2.75) is 19.3 Å². The third kappa shape index (κ3) is 5.46. The van der Waals surface area contributed by atoms with Crippen molar-refractivity contribution in [1.29, 1.82) is 0 Å². The summed E-state index contributed by atoms with van der Waals surface area (Å²) in [6.45, 7) is -0.104. The molecule has 0 aromatic heterocycles. The summed E-state index contributed by atoms with van der Waals surface area (Å²) in [6, 6.07) is 0. The second-order valence-corrected chi connectivity index (χ2v) is 3.35. The fourth-order valence-electron chi connectivity index (χ4n) is 0.819. The predicted octanol–water partition coefficient (Wildman–Crippen LogP) is 1.59. The Hall–Kier alpha value is -1.86. The average Bonchev–Trinajstić information content (AvgIpc) is 2.26. The number of allylic oxidation sites excluding steroid dienone is 1. The van der Waals surface area contributed by atoms with E-state index in [2.05, 4.69) is 0 Å². The quantitative estimate of drug-likeness (QED) is 0.319. The third-order valence-corrected chi connectivity index (χ3v) is 1.73. The molecular weight excluding hydrogens is 258 g/mol. The molecule has 0 aromatic rings. The van der Waals surface area contributed by atoms with Gasteiger partial charge in [-0.05, 0) is 18.6 Å². The number of carbonyl (C=O) groups excluding carboxylic acids is 1. The molecule has 0 saturated heterocycles. The molecule has 0 heterocycles. The Kier molecular flexibility index (Phi) is 6.07. The molecule has 0 amide bonds. The number of hydrogen-bond acceptors (Lipinski definition) is 3. The van der Waals surface area contributed by atoms with Gasteiger partial charge in [0.15, 0.2) is 0 Å². The number of halogens is 4.